The third kappa shape index (κ3) is 7.11. The minimum atomic E-state index is -4.80. The Kier molecular flexibility index (Phi) is 9.56. The molecule has 0 radical (unpaired) electrons. The van der Waals surface area contributed by atoms with Gasteiger partial charge in [-0.15, -0.1) is 0 Å². The molecule has 2 saturated carbocycles. The third-order valence-corrected chi connectivity index (χ3v) is 8.02. The molecule has 3 fully saturated rings. The second-order valence-corrected chi connectivity index (χ2v) is 11.0. The highest BCUT2D eigenvalue weighted by Crippen LogP contribution is 2.40. The number of aliphatic hydroxyl groups is 3. The Balaban J connectivity index is 1.81. The predicted molar refractivity (Wildman–Crippen MR) is 118 cm³/mol. The van der Waals surface area contributed by atoms with Crippen LogP contribution in [0.5, 0.6) is 0 Å². The molecule has 0 aromatic heterocycles. The number of rotatable bonds is 5. The van der Waals surface area contributed by atoms with Crippen molar-refractivity contribution in [1.29, 1.82) is 0 Å². The van der Waals surface area contributed by atoms with Crippen LogP contribution < -0.4 is 5.73 Å². The van der Waals surface area contributed by atoms with E-state index in [2.05, 4.69) is 4.52 Å². The Morgan fingerprint density at radius 3 is 2.18 bits per heavy atom. The number of nitrogens with two attached hydrogens (primary N) is 1. The average molecular weight is 495 g/mol. The molecule has 11 nitrogen and oxygen atoms in total. The highest BCUT2D eigenvalue weighted by atomic mass is 31.2. The molecule has 1 saturated heterocycles. The van der Waals surface area contributed by atoms with Crippen LogP contribution in [-0.4, -0.2) is 79.3 Å². The van der Waals surface area contributed by atoms with Crippen molar-refractivity contribution in [2.24, 2.45) is 17.6 Å². The van der Waals surface area contributed by atoms with Crippen molar-refractivity contribution < 1.29 is 43.7 Å². The first-order chi connectivity index (χ1) is 15.6. The lowest BCUT2D eigenvalue weighted by atomic mass is 9.85. The topological polar surface area (TPSA) is 183 Å². The molecular formula is C21H39N2O9P. The number of primary amides is 1. The molecular weight excluding hydrogens is 455 g/mol. The third-order valence-electron chi connectivity index (χ3n) is 7.53. The number of nitrogens with zero attached hydrogens (tertiary/aromatic N) is 1. The van der Waals surface area contributed by atoms with E-state index in [4.69, 9.17) is 20.3 Å². The van der Waals surface area contributed by atoms with E-state index in [-0.39, 0.29) is 24.0 Å². The van der Waals surface area contributed by atoms with Gasteiger partial charge in [-0.3, -0.25) is 9.42 Å². The number of aliphatic hydroxyl groups excluding tert-OH is 3. The molecule has 12 heteroatoms. The number of phosphoric ester groups is 1. The van der Waals surface area contributed by atoms with E-state index in [9.17, 15) is 24.7 Å². The summed E-state index contributed by atoms with van der Waals surface area (Å²) in [7, 11) is -4.80. The van der Waals surface area contributed by atoms with Crippen LogP contribution >= 0.6 is 7.82 Å². The van der Waals surface area contributed by atoms with Crippen LogP contribution in [0.25, 0.3) is 0 Å². The van der Waals surface area contributed by atoms with Crippen molar-refractivity contribution in [2.45, 2.75) is 107 Å². The van der Waals surface area contributed by atoms with Gasteiger partial charge in [0.2, 0.25) is 0 Å². The monoisotopic (exact) mass is 494 g/mol. The molecule has 192 valence electrons. The number of phosphoric acid groups is 1. The first-order valence-corrected chi connectivity index (χ1v) is 13.6. The van der Waals surface area contributed by atoms with Crippen LogP contribution in [0, 0.1) is 11.8 Å². The van der Waals surface area contributed by atoms with E-state index in [0.717, 1.165) is 51.4 Å². The van der Waals surface area contributed by atoms with Gasteiger partial charge < -0.3 is 35.6 Å². The minimum Gasteiger partial charge on any atom is -0.393 e. The first kappa shape index (κ1) is 26.8. The van der Waals surface area contributed by atoms with Crippen molar-refractivity contribution in [3.8, 4) is 0 Å². The van der Waals surface area contributed by atoms with Crippen LogP contribution in [0.1, 0.15) is 70.6 Å². The zero-order valence-corrected chi connectivity index (χ0v) is 19.8. The van der Waals surface area contributed by atoms with E-state index in [0.29, 0.717) is 19.3 Å². The molecule has 8 atom stereocenters. The van der Waals surface area contributed by atoms with Crippen molar-refractivity contribution in [2.75, 3.05) is 6.61 Å². The van der Waals surface area contributed by atoms with Gasteiger partial charge in [0.05, 0.1) is 12.7 Å². The second kappa shape index (κ2) is 11.8. The van der Waals surface area contributed by atoms with Gasteiger partial charge >= 0.3 is 13.9 Å². The summed E-state index contributed by atoms with van der Waals surface area (Å²) in [5.74, 6) is 0.288. The van der Waals surface area contributed by atoms with Crippen molar-refractivity contribution in [3.63, 3.8) is 0 Å². The molecule has 0 aromatic carbocycles. The Bertz CT molecular complexity index is 693. The molecule has 3 aliphatic rings. The van der Waals surface area contributed by atoms with Gasteiger partial charge in [-0.25, -0.2) is 9.36 Å². The van der Waals surface area contributed by atoms with Crippen LogP contribution in [0.15, 0.2) is 0 Å². The smallest absolute Gasteiger partial charge is 0.393 e. The van der Waals surface area contributed by atoms with Crippen LogP contribution in [0.2, 0.25) is 0 Å². The number of urea groups is 1. The van der Waals surface area contributed by atoms with Gasteiger partial charge in [0, 0.05) is 6.04 Å². The minimum absolute atomic E-state index is 0.0509. The van der Waals surface area contributed by atoms with E-state index < -0.39 is 45.0 Å². The molecule has 2 amide bonds. The molecule has 7 N–H and O–H groups in total. The maximum Gasteiger partial charge on any atom is 0.469 e. The number of carbonyl (C=O) groups excluding carboxylic acids is 1. The lowest BCUT2D eigenvalue weighted by molar-refractivity contribution is -0.0989. The highest BCUT2D eigenvalue weighted by molar-refractivity contribution is 7.46. The molecule has 8 unspecified atom stereocenters. The van der Waals surface area contributed by atoms with Gasteiger partial charge in [0.25, 0.3) is 0 Å². The normalized spacial score (nSPS) is 38.8. The number of fused-ring (bicyclic) bond motifs is 3. The predicted octanol–water partition coefficient (Wildman–Crippen LogP) is 1.20. The molecule has 2 aliphatic carbocycles. The van der Waals surface area contributed by atoms with Gasteiger partial charge in [-0.05, 0) is 50.4 Å². The SMILES string of the molecule is NC(=O)N(C1CCCCCCCC2CCC1CCC2O)C1OC(COP(=O)(O)O)C(O)C1O. The van der Waals surface area contributed by atoms with Crippen LogP contribution in [-0.2, 0) is 13.8 Å². The summed E-state index contributed by atoms with van der Waals surface area (Å²) in [6.07, 6.45) is 3.94. The van der Waals surface area contributed by atoms with Crippen LogP contribution in [0.4, 0.5) is 4.79 Å². The Hall–Kier alpha value is -0.780. The average Bonchev–Trinajstić information content (AvgIpc) is 2.88. The standard InChI is InChI=1S/C21H39N2O9P/c22-21(27)23(20-19(26)18(25)17(32-20)12-31-33(28,29)30)15-7-5-3-1-2-4-6-14-9-8-13(15)10-11-16(14)24/h13-20,24-26H,1-12H2,(H2,22,27)(H2,28,29,30). The fraction of sp³-hybridized carbons (Fsp3) is 0.952. The fourth-order valence-electron chi connectivity index (χ4n) is 5.74. The molecule has 0 spiro atoms. The van der Waals surface area contributed by atoms with Crippen molar-refractivity contribution >= 4 is 13.9 Å². The molecule has 2 bridgehead atoms. The fourth-order valence-corrected chi connectivity index (χ4v) is 6.09. The summed E-state index contributed by atoms with van der Waals surface area (Å²) in [6.45, 7) is -0.645. The maximum atomic E-state index is 12.6. The maximum absolute atomic E-state index is 12.6. The Morgan fingerprint density at radius 1 is 0.909 bits per heavy atom. The summed E-state index contributed by atoms with van der Waals surface area (Å²) in [5, 5.41) is 31.7. The quantitative estimate of drug-likeness (QED) is 0.306. The number of amides is 2. The first-order valence-electron chi connectivity index (χ1n) is 12.1. The lowest BCUT2D eigenvalue weighted by Crippen LogP contribution is -2.56. The zero-order valence-electron chi connectivity index (χ0n) is 18.9. The Labute approximate surface area is 194 Å². The number of hydrogen-bond acceptors (Lipinski definition) is 7. The van der Waals surface area contributed by atoms with Crippen molar-refractivity contribution in [1.82, 2.24) is 4.90 Å². The summed E-state index contributed by atoms with van der Waals surface area (Å²) >= 11 is 0. The summed E-state index contributed by atoms with van der Waals surface area (Å²) in [5.41, 5.74) is 5.76. The summed E-state index contributed by atoms with van der Waals surface area (Å²) < 4.78 is 21.2. The highest BCUT2D eigenvalue weighted by Gasteiger charge is 2.50. The molecule has 0 aromatic rings. The molecule has 33 heavy (non-hydrogen) atoms. The number of hydrogen-bond donors (Lipinski definition) is 6. The summed E-state index contributed by atoms with van der Waals surface area (Å²) in [4.78, 5) is 31.8. The Morgan fingerprint density at radius 2 is 1.52 bits per heavy atom. The van der Waals surface area contributed by atoms with Gasteiger partial charge in [0.1, 0.15) is 18.3 Å². The number of carbonyl (C=O) groups is 1. The van der Waals surface area contributed by atoms with E-state index >= 15 is 0 Å². The van der Waals surface area contributed by atoms with Crippen molar-refractivity contribution in [3.05, 3.63) is 0 Å². The molecule has 1 aliphatic heterocycles. The van der Waals surface area contributed by atoms with Gasteiger partial charge in [-0.1, -0.05) is 32.1 Å². The largest absolute Gasteiger partial charge is 0.469 e. The van der Waals surface area contributed by atoms with Crippen LogP contribution in [0.3, 0.4) is 0 Å². The summed E-state index contributed by atoms with van der Waals surface area (Å²) in [6, 6.07) is -1.14. The zero-order chi connectivity index (χ0) is 24.2. The second-order valence-electron chi connectivity index (χ2n) is 9.73. The molecule has 1 heterocycles. The van der Waals surface area contributed by atoms with E-state index in [1.54, 1.807) is 0 Å². The van der Waals surface area contributed by atoms with E-state index in [1.807, 2.05) is 0 Å². The van der Waals surface area contributed by atoms with Gasteiger partial charge in [0.15, 0.2) is 6.23 Å². The van der Waals surface area contributed by atoms with E-state index in [1.165, 1.54) is 4.90 Å². The lowest BCUT2D eigenvalue weighted by Gasteiger charge is -2.40. The number of ether oxygens (including phenoxy) is 1. The van der Waals surface area contributed by atoms with Gasteiger partial charge in [-0.2, -0.15) is 0 Å². The molecule has 3 rings (SSSR count).